The van der Waals surface area contributed by atoms with Crippen LogP contribution in [-0.4, -0.2) is 13.2 Å². The molecule has 0 bridgehead atoms. The van der Waals surface area contributed by atoms with E-state index < -0.39 is 0 Å². The lowest BCUT2D eigenvalue weighted by molar-refractivity contribution is 0.0701. The maximum absolute atomic E-state index is 5.57. The van der Waals surface area contributed by atoms with Crippen LogP contribution in [0, 0.1) is 11.3 Å². The van der Waals surface area contributed by atoms with Crippen LogP contribution in [0.15, 0.2) is 12.2 Å². The summed E-state index contributed by atoms with van der Waals surface area (Å²) in [5.41, 5.74) is 0.299. The second-order valence-corrected chi connectivity index (χ2v) is 5.43. The molecule has 0 aromatic heterocycles. The number of rotatable bonds is 6. The van der Waals surface area contributed by atoms with E-state index in [1.807, 2.05) is 0 Å². The number of unbranched alkanes of at least 4 members (excludes halogenated alkanes) is 1. The van der Waals surface area contributed by atoms with Crippen molar-refractivity contribution in [2.45, 2.75) is 47.5 Å². The highest BCUT2D eigenvalue weighted by Gasteiger charge is 2.08. The molecule has 0 aromatic rings. The van der Waals surface area contributed by atoms with Gasteiger partial charge in [0.15, 0.2) is 0 Å². The summed E-state index contributed by atoms with van der Waals surface area (Å²) in [5.74, 6) is 0.672. The zero-order chi connectivity index (χ0) is 11.0. The van der Waals surface area contributed by atoms with Gasteiger partial charge in [0.05, 0.1) is 6.61 Å². The SMILES string of the molecule is CC(C)/C=C\CCCOCC(C)(C)C. The smallest absolute Gasteiger partial charge is 0.0514 e. The van der Waals surface area contributed by atoms with Crippen LogP contribution in [0.5, 0.6) is 0 Å². The summed E-state index contributed by atoms with van der Waals surface area (Å²) < 4.78 is 5.57. The minimum atomic E-state index is 0.299. The van der Waals surface area contributed by atoms with E-state index >= 15 is 0 Å². The van der Waals surface area contributed by atoms with Gasteiger partial charge in [0, 0.05) is 6.61 Å². The summed E-state index contributed by atoms with van der Waals surface area (Å²) >= 11 is 0. The van der Waals surface area contributed by atoms with Gasteiger partial charge in [-0.05, 0) is 24.2 Å². The van der Waals surface area contributed by atoms with Crippen LogP contribution in [0.1, 0.15) is 47.5 Å². The van der Waals surface area contributed by atoms with Gasteiger partial charge in [0.2, 0.25) is 0 Å². The minimum Gasteiger partial charge on any atom is -0.381 e. The molecular weight excluding hydrogens is 172 g/mol. The Hall–Kier alpha value is -0.300. The van der Waals surface area contributed by atoms with Crippen LogP contribution in [-0.2, 0) is 4.74 Å². The second kappa shape index (κ2) is 7.05. The molecule has 0 atom stereocenters. The van der Waals surface area contributed by atoms with Gasteiger partial charge in [-0.1, -0.05) is 46.8 Å². The lowest BCUT2D eigenvalue weighted by Gasteiger charge is -2.17. The molecule has 0 spiro atoms. The van der Waals surface area contributed by atoms with Crippen molar-refractivity contribution in [1.29, 1.82) is 0 Å². The molecule has 0 aromatic carbocycles. The lowest BCUT2D eigenvalue weighted by Crippen LogP contribution is -2.14. The first-order valence-electron chi connectivity index (χ1n) is 5.66. The molecule has 84 valence electrons. The van der Waals surface area contributed by atoms with Gasteiger partial charge in [-0.15, -0.1) is 0 Å². The molecule has 0 unspecified atom stereocenters. The number of hydrogen-bond donors (Lipinski definition) is 0. The molecule has 0 radical (unpaired) electrons. The van der Waals surface area contributed by atoms with Crippen molar-refractivity contribution < 1.29 is 4.74 Å². The molecule has 0 amide bonds. The van der Waals surface area contributed by atoms with Gasteiger partial charge in [0.25, 0.3) is 0 Å². The van der Waals surface area contributed by atoms with E-state index in [-0.39, 0.29) is 0 Å². The molecule has 1 nitrogen and oxygen atoms in total. The Morgan fingerprint density at radius 2 is 1.86 bits per heavy atom. The molecule has 0 aliphatic heterocycles. The van der Waals surface area contributed by atoms with E-state index in [1.165, 1.54) is 0 Å². The first-order chi connectivity index (χ1) is 6.42. The van der Waals surface area contributed by atoms with Gasteiger partial charge < -0.3 is 4.74 Å². The average molecular weight is 198 g/mol. The molecule has 0 aliphatic rings. The van der Waals surface area contributed by atoms with Crippen molar-refractivity contribution in [2.24, 2.45) is 11.3 Å². The van der Waals surface area contributed by atoms with Crippen molar-refractivity contribution in [3.8, 4) is 0 Å². The van der Waals surface area contributed by atoms with Gasteiger partial charge in [0.1, 0.15) is 0 Å². The Morgan fingerprint density at radius 3 is 2.36 bits per heavy atom. The Bertz CT molecular complexity index is 151. The topological polar surface area (TPSA) is 9.23 Å². The number of allylic oxidation sites excluding steroid dienone is 2. The van der Waals surface area contributed by atoms with E-state index in [2.05, 4.69) is 46.8 Å². The van der Waals surface area contributed by atoms with Crippen LogP contribution < -0.4 is 0 Å². The summed E-state index contributed by atoms with van der Waals surface area (Å²) in [6.45, 7) is 12.8. The van der Waals surface area contributed by atoms with E-state index in [4.69, 9.17) is 4.74 Å². The van der Waals surface area contributed by atoms with Crippen LogP contribution in [0.2, 0.25) is 0 Å². The first kappa shape index (κ1) is 13.7. The van der Waals surface area contributed by atoms with Gasteiger partial charge >= 0.3 is 0 Å². The fourth-order valence-corrected chi connectivity index (χ4v) is 1.05. The molecule has 14 heavy (non-hydrogen) atoms. The molecule has 0 saturated heterocycles. The van der Waals surface area contributed by atoms with Gasteiger partial charge in [-0.25, -0.2) is 0 Å². The average Bonchev–Trinajstić information content (AvgIpc) is 2.00. The maximum Gasteiger partial charge on any atom is 0.0514 e. The van der Waals surface area contributed by atoms with Crippen LogP contribution in [0.3, 0.4) is 0 Å². The third kappa shape index (κ3) is 11.7. The molecule has 1 heteroatoms. The lowest BCUT2D eigenvalue weighted by atomic mass is 9.99. The van der Waals surface area contributed by atoms with Crippen molar-refractivity contribution in [2.75, 3.05) is 13.2 Å². The summed E-state index contributed by atoms with van der Waals surface area (Å²) in [6.07, 6.45) is 6.79. The molecule has 0 saturated carbocycles. The minimum absolute atomic E-state index is 0.299. The fourth-order valence-electron chi connectivity index (χ4n) is 1.05. The highest BCUT2D eigenvalue weighted by molar-refractivity contribution is 4.83. The van der Waals surface area contributed by atoms with Crippen molar-refractivity contribution in [1.82, 2.24) is 0 Å². The van der Waals surface area contributed by atoms with Gasteiger partial charge in [-0.2, -0.15) is 0 Å². The Labute approximate surface area is 89.5 Å². The molecular formula is C13H26O. The Balaban J connectivity index is 3.23. The zero-order valence-electron chi connectivity index (χ0n) is 10.5. The fraction of sp³-hybridized carbons (Fsp3) is 0.846. The highest BCUT2D eigenvalue weighted by atomic mass is 16.5. The van der Waals surface area contributed by atoms with Crippen molar-refractivity contribution in [3.63, 3.8) is 0 Å². The first-order valence-corrected chi connectivity index (χ1v) is 5.66. The Morgan fingerprint density at radius 1 is 1.21 bits per heavy atom. The maximum atomic E-state index is 5.57. The van der Waals surface area contributed by atoms with E-state index in [1.54, 1.807) is 0 Å². The van der Waals surface area contributed by atoms with E-state index in [9.17, 15) is 0 Å². The largest absolute Gasteiger partial charge is 0.381 e. The highest BCUT2D eigenvalue weighted by Crippen LogP contribution is 2.12. The monoisotopic (exact) mass is 198 g/mol. The summed E-state index contributed by atoms with van der Waals surface area (Å²) in [5, 5.41) is 0. The molecule has 0 rings (SSSR count). The zero-order valence-corrected chi connectivity index (χ0v) is 10.5. The van der Waals surface area contributed by atoms with Crippen LogP contribution in [0.25, 0.3) is 0 Å². The second-order valence-electron chi connectivity index (χ2n) is 5.43. The predicted octanol–water partition coefficient (Wildman–Crippen LogP) is 4.04. The number of hydrogen-bond acceptors (Lipinski definition) is 1. The van der Waals surface area contributed by atoms with E-state index in [0.29, 0.717) is 11.3 Å². The molecule has 0 N–H and O–H groups in total. The van der Waals surface area contributed by atoms with Crippen molar-refractivity contribution >= 4 is 0 Å². The normalized spacial score (nSPS) is 13.0. The quantitative estimate of drug-likeness (QED) is 0.462. The molecule has 0 aliphatic carbocycles. The molecule has 0 fully saturated rings. The summed E-state index contributed by atoms with van der Waals surface area (Å²) in [4.78, 5) is 0. The number of ether oxygens (including phenoxy) is 1. The standard InChI is InChI=1S/C13H26O/c1-12(2)9-7-6-8-10-14-11-13(3,4)5/h7,9,12H,6,8,10-11H2,1-5H3/b9-7-. The van der Waals surface area contributed by atoms with Crippen LogP contribution in [0.4, 0.5) is 0 Å². The van der Waals surface area contributed by atoms with Crippen LogP contribution >= 0.6 is 0 Å². The predicted molar refractivity (Wildman–Crippen MR) is 63.5 cm³/mol. The Kier molecular flexibility index (Phi) is 6.90. The third-order valence-electron chi connectivity index (χ3n) is 1.72. The van der Waals surface area contributed by atoms with E-state index in [0.717, 1.165) is 26.1 Å². The van der Waals surface area contributed by atoms with Crippen molar-refractivity contribution in [3.05, 3.63) is 12.2 Å². The third-order valence-corrected chi connectivity index (χ3v) is 1.72. The molecule has 0 heterocycles. The summed E-state index contributed by atoms with van der Waals surface area (Å²) in [6, 6.07) is 0. The van der Waals surface area contributed by atoms with Gasteiger partial charge in [-0.3, -0.25) is 0 Å². The summed E-state index contributed by atoms with van der Waals surface area (Å²) in [7, 11) is 0.